The average molecular weight is 232 g/mol. The molecule has 0 fully saturated rings. The Kier molecular flexibility index (Phi) is 2.78. The van der Waals surface area contributed by atoms with E-state index in [1.807, 2.05) is 13.0 Å². The quantitative estimate of drug-likeness (QED) is 0.651. The topological polar surface area (TPSA) is 73.0 Å². The number of hydrogen-bond donors (Lipinski definition) is 1. The fourth-order valence-corrected chi connectivity index (χ4v) is 1.59. The van der Waals surface area contributed by atoms with E-state index in [1.54, 1.807) is 30.1 Å². The predicted molar refractivity (Wildman–Crippen MR) is 64.3 cm³/mol. The Morgan fingerprint density at radius 1 is 1.41 bits per heavy atom. The Bertz CT molecular complexity index is 562. The van der Waals surface area contributed by atoms with Crippen LogP contribution >= 0.6 is 0 Å². The van der Waals surface area contributed by atoms with Gasteiger partial charge in [-0.2, -0.15) is 5.10 Å². The number of nitrogens with one attached hydrogen (secondary N) is 1. The highest BCUT2D eigenvalue weighted by atomic mass is 16.6. The first-order valence-electron chi connectivity index (χ1n) is 5.08. The van der Waals surface area contributed by atoms with Gasteiger partial charge in [0.25, 0.3) is 5.69 Å². The summed E-state index contributed by atoms with van der Waals surface area (Å²) in [7, 11) is 1.77. The lowest BCUT2D eigenvalue weighted by molar-refractivity contribution is -0.384. The van der Waals surface area contributed by atoms with Crippen molar-refractivity contribution >= 4 is 17.2 Å². The summed E-state index contributed by atoms with van der Waals surface area (Å²) in [6.45, 7) is 1.83. The van der Waals surface area contributed by atoms with Crippen molar-refractivity contribution in [1.82, 2.24) is 9.78 Å². The zero-order valence-electron chi connectivity index (χ0n) is 9.54. The summed E-state index contributed by atoms with van der Waals surface area (Å²) in [5.41, 5.74) is 1.38. The van der Waals surface area contributed by atoms with Gasteiger partial charge in [-0.1, -0.05) is 12.1 Å². The third-order valence-electron chi connectivity index (χ3n) is 2.52. The molecule has 2 rings (SSSR count). The van der Waals surface area contributed by atoms with Gasteiger partial charge in [0.05, 0.1) is 11.1 Å². The Balaban J connectivity index is 2.45. The molecule has 1 aromatic carbocycles. The van der Waals surface area contributed by atoms with E-state index in [2.05, 4.69) is 10.4 Å². The first kappa shape index (κ1) is 11.1. The molecule has 0 spiro atoms. The molecular formula is C11H12N4O2. The van der Waals surface area contributed by atoms with Crippen LogP contribution in [0.5, 0.6) is 0 Å². The molecule has 0 saturated heterocycles. The maximum Gasteiger partial charge on any atom is 0.292 e. The highest BCUT2D eigenvalue weighted by Gasteiger charge is 2.16. The zero-order valence-corrected chi connectivity index (χ0v) is 9.54. The number of rotatable bonds is 3. The molecule has 17 heavy (non-hydrogen) atoms. The van der Waals surface area contributed by atoms with Crippen LogP contribution in [0.2, 0.25) is 0 Å². The minimum absolute atomic E-state index is 0.0613. The lowest BCUT2D eigenvalue weighted by atomic mass is 10.1. The number of nitro benzene ring substituents is 1. The number of anilines is 2. The van der Waals surface area contributed by atoms with Crippen molar-refractivity contribution in [2.75, 3.05) is 5.32 Å². The molecule has 6 nitrogen and oxygen atoms in total. The summed E-state index contributed by atoms with van der Waals surface area (Å²) in [4.78, 5) is 10.5. The number of benzene rings is 1. The van der Waals surface area contributed by atoms with Gasteiger partial charge in [0.15, 0.2) is 0 Å². The van der Waals surface area contributed by atoms with E-state index < -0.39 is 4.92 Å². The number of aryl methyl sites for hydroxylation is 2. The van der Waals surface area contributed by atoms with Gasteiger partial charge in [-0.05, 0) is 12.5 Å². The number of aromatic nitrogens is 2. The fraction of sp³-hybridized carbons (Fsp3) is 0.182. The van der Waals surface area contributed by atoms with E-state index in [1.165, 1.54) is 6.07 Å². The second kappa shape index (κ2) is 4.25. The summed E-state index contributed by atoms with van der Waals surface area (Å²) >= 11 is 0. The first-order valence-corrected chi connectivity index (χ1v) is 5.08. The van der Waals surface area contributed by atoms with Crippen LogP contribution in [0.1, 0.15) is 5.56 Å². The highest BCUT2D eigenvalue weighted by molar-refractivity contribution is 5.71. The van der Waals surface area contributed by atoms with Crippen molar-refractivity contribution in [3.63, 3.8) is 0 Å². The molecule has 0 atom stereocenters. The van der Waals surface area contributed by atoms with Crippen molar-refractivity contribution in [1.29, 1.82) is 0 Å². The summed E-state index contributed by atoms with van der Waals surface area (Å²) in [5.74, 6) is 0.711. The number of para-hydroxylation sites is 1. The van der Waals surface area contributed by atoms with Crippen LogP contribution in [0.4, 0.5) is 17.2 Å². The van der Waals surface area contributed by atoms with Gasteiger partial charge in [0.2, 0.25) is 0 Å². The van der Waals surface area contributed by atoms with Gasteiger partial charge in [-0.3, -0.25) is 14.8 Å². The predicted octanol–water partition coefficient (Wildman–Crippen LogP) is 2.38. The molecular weight excluding hydrogens is 220 g/mol. The van der Waals surface area contributed by atoms with Gasteiger partial charge in [0, 0.05) is 19.2 Å². The van der Waals surface area contributed by atoms with Crippen molar-refractivity contribution in [2.45, 2.75) is 6.92 Å². The molecule has 0 unspecified atom stereocenters. The Morgan fingerprint density at radius 2 is 2.18 bits per heavy atom. The summed E-state index contributed by atoms with van der Waals surface area (Å²) < 4.78 is 1.62. The third kappa shape index (κ3) is 2.10. The maximum atomic E-state index is 10.9. The molecule has 6 heteroatoms. The summed E-state index contributed by atoms with van der Waals surface area (Å²) in [6.07, 6.45) is 1.63. The third-order valence-corrected chi connectivity index (χ3v) is 2.52. The fourth-order valence-electron chi connectivity index (χ4n) is 1.59. The van der Waals surface area contributed by atoms with Gasteiger partial charge in [-0.25, -0.2) is 0 Å². The summed E-state index contributed by atoms with van der Waals surface area (Å²) in [5, 5.41) is 18.0. The van der Waals surface area contributed by atoms with Gasteiger partial charge in [0.1, 0.15) is 11.5 Å². The van der Waals surface area contributed by atoms with Crippen LogP contribution in [0, 0.1) is 17.0 Å². The maximum absolute atomic E-state index is 10.9. The van der Waals surface area contributed by atoms with E-state index >= 15 is 0 Å². The van der Waals surface area contributed by atoms with Crippen LogP contribution < -0.4 is 5.32 Å². The second-order valence-electron chi connectivity index (χ2n) is 3.69. The lowest BCUT2D eigenvalue weighted by Gasteiger charge is -2.09. The molecule has 0 radical (unpaired) electrons. The van der Waals surface area contributed by atoms with Crippen LogP contribution in [-0.2, 0) is 7.05 Å². The monoisotopic (exact) mass is 232 g/mol. The molecule has 0 amide bonds. The summed E-state index contributed by atoms with van der Waals surface area (Å²) in [6, 6.07) is 6.73. The molecule has 0 saturated carbocycles. The molecule has 1 heterocycles. The van der Waals surface area contributed by atoms with E-state index in [9.17, 15) is 10.1 Å². The standard InChI is InChI=1S/C11H12N4O2/c1-8-4-3-5-9(15(16)17)11(8)13-10-6-7-12-14(10)2/h3-7,13H,1-2H3. The van der Waals surface area contributed by atoms with Crippen molar-refractivity contribution in [3.05, 3.63) is 46.1 Å². The Hall–Kier alpha value is -2.37. The van der Waals surface area contributed by atoms with Crippen LogP contribution in [0.25, 0.3) is 0 Å². The number of nitrogens with zero attached hydrogens (tertiary/aromatic N) is 3. The number of nitro groups is 1. The van der Waals surface area contributed by atoms with Crippen molar-refractivity contribution in [3.8, 4) is 0 Å². The highest BCUT2D eigenvalue weighted by Crippen LogP contribution is 2.30. The first-order chi connectivity index (χ1) is 8.09. The molecule has 2 aromatic rings. The molecule has 0 bridgehead atoms. The molecule has 0 aliphatic rings. The van der Waals surface area contributed by atoms with Gasteiger partial charge in [-0.15, -0.1) is 0 Å². The minimum Gasteiger partial charge on any atom is -0.335 e. The van der Waals surface area contributed by atoms with Crippen LogP contribution in [0.15, 0.2) is 30.5 Å². The van der Waals surface area contributed by atoms with Crippen LogP contribution in [0.3, 0.4) is 0 Å². The molecule has 0 aliphatic carbocycles. The Labute approximate surface area is 98.0 Å². The van der Waals surface area contributed by atoms with Crippen molar-refractivity contribution in [2.24, 2.45) is 7.05 Å². The Morgan fingerprint density at radius 3 is 2.76 bits per heavy atom. The van der Waals surface area contributed by atoms with E-state index in [0.717, 1.165) is 5.56 Å². The molecule has 1 N–H and O–H groups in total. The SMILES string of the molecule is Cc1cccc([N+](=O)[O-])c1Nc1ccnn1C. The molecule has 1 aromatic heterocycles. The van der Waals surface area contributed by atoms with Crippen molar-refractivity contribution < 1.29 is 4.92 Å². The second-order valence-corrected chi connectivity index (χ2v) is 3.69. The molecule has 88 valence electrons. The lowest BCUT2D eigenvalue weighted by Crippen LogP contribution is -2.03. The van der Waals surface area contributed by atoms with Crippen LogP contribution in [-0.4, -0.2) is 14.7 Å². The average Bonchev–Trinajstić information content (AvgIpc) is 2.67. The smallest absolute Gasteiger partial charge is 0.292 e. The van der Waals surface area contributed by atoms with Gasteiger partial charge < -0.3 is 5.32 Å². The van der Waals surface area contributed by atoms with E-state index in [0.29, 0.717) is 11.5 Å². The normalized spacial score (nSPS) is 10.2. The van der Waals surface area contributed by atoms with E-state index in [-0.39, 0.29) is 5.69 Å². The van der Waals surface area contributed by atoms with Gasteiger partial charge >= 0.3 is 0 Å². The minimum atomic E-state index is -0.397. The number of hydrogen-bond acceptors (Lipinski definition) is 4. The largest absolute Gasteiger partial charge is 0.335 e. The van der Waals surface area contributed by atoms with E-state index in [4.69, 9.17) is 0 Å². The zero-order chi connectivity index (χ0) is 12.4. The molecule has 0 aliphatic heterocycles.